The lowest BCUT2D eigenvalue weighted by molar-refractivity contribution is -0.140. The van der Waals surface area contributed by atoms with E-state index in [9.17, 15) is 13.6 Å². The van der Waals surface area contributed by atoms with Crippen LogP contribution < -0.4 is 4.74 Å². The summed E-state index contributed by atoms with van der Waals surface area (Å²) in [5, 5.41) is 0. The van der Waals surface area contributed by atoms with Gasteiger partial charge in [-0.3, -0.25) is 4.79 Å². The summed E-state index contributed by atoms with van der Waals surface area (Å²) in [4.78, 5) is 11.0. The number of halogens is 2. The number of carbonyl (C=O) groups is 1. The van der Waals surface area contributed by atoms with E-state index in [1.165, 1.54) is 32.4 Å². The highest BCUT2D eigenvalue weighted by Crippen LogP contribution is 2.27. The van der Waals surface area contributed by atoms with Crippen molar-refractivity contribution in [2.45, 2.75) is 19.3 Å². The Morgan fingerprint density at radius 1 is 1.35 bits per heavy atom. The number of rotatable bonds is 5. The average molecular weight is 244 g/mol. The van der Waals surface area contributed by atoms with Crippen LogP contribution in [0.2, 0.25) is 0 Å². The molecule has 0 radical (unpaired) electrons. The maximum atomic E-state index is 12.7. The second-order valence-corrected chi connectivity index (χ2v) is 3.44. The van der Waals surface area contributed by atoms with Gasteiger partial charge in [0.2, 0.25) is 0 Å². The van der Waals surface area contributed by atoms with Gasteiger partial charge in [0.05, 0.1) is 14.2 Å². The number of hydrogen-bond acceptors (Lipinski definition) is 3. The van der Waals surface area contributed by atoms with Crippen molar-refractivity contribution in [3.63, 3.8) is 0 Å². The van der Waals surface area contributed by atoms with Gasteiger partial charge in [0, 0.05) is 12.0 Å². The van der Waals surface area contributed by atoms with Crippen LogP contribution in [0, 0.1) is 0 Å². The van der Waals surface area contributed by atoms with Crippen molar-refractivity contribution < 1.29 is 23.0 Å². The largest absolute Gasteiger partial charge is 0.497 e. The van der Waals surface area contributed by atoms with Crippen LogP contribution in [-0.2, 0) is 16.0 Å². The SMILES string of the molecule is COC(=O)CCc1cc(OC)ccc1C(F)F. The molecule has 0 aromatic heterocycles. The van der Waals surface area contributed by atoms with E-state index in [2.05, 4.69) is 4.74 Å². The molecule has 94 valence electrons. The first-order valence-corrected chi connectivity index (χ1v) is 5.10. The molecular formula is C12H14F2O3. The van der Waals surface area contributed by atoms with E-state index >= 15 is 0 Å². The first-order chi connectivity index (χ1) is 8.08. The van der Waals surface area contributed by atoms with Crippen LogP contribution in [0.15, 0.2) is 18.2 Å². The molecule has 3 nitrogen and oxygen atoms in total. The van der Waals surface area contributed by atoms with Crippen molar-refractivity contribution in [2.24, 2.45) is 0 Å². The number of aryl methyl sites for hydroxylation is 1. The highest BCUT2D eigenvalue weighted by Gasteiger charge is 2.14. The standard InChI is InChI=1S/C12H14F2O3/c1-16-9-4-5-10(12(13)14)8(7-9)3-6-11(15)17-2/h4-5,7,12H,3,6H2,1-2H3. The zero-order chi connectivity index (χ0) is 12.8. The van der Waals surface area contributed by atoms with Crippen molar-refractivity contribution in [1.29, 1.82) is 0 Å². The predicted molar refractivity (Wildman–Crippen MR) is 58.3 cm³/mol. The molecule has 0 saturated carbocycles. The molecule has 17 heavy (non-hydrogen) atoms. The Morgan fingerprint density at radius 3 is 2.59 bits per heavy atom. The minimum Gasteiger partial charge on any atom is -0.497 e. The Bertz CT molecular complexity index is 391. The average Bonchev–Trinajstić information content (AvgIpc) is 2.35. The summed E-state index contributed by atoms with van der Waals surface area (Å²) in [7, 11) is 2.73. The number of benzene rings is 1. The van der Waals surface area contributed by atoms with Crippen LogP contribution in [0.25, 0.3) is 0 Å². The van der Waals surface area contributed by atoms with E-state index in [1.54, 1.807) is 0 Å². The highest BCUT2D eigenvalue weighted by molar-refractivity contribution is 5.69. The minimum absolute atomic E-state index is 0.0728. The molecule has 0 spiro atoms. The van der Waals surface area contributed by atoms with Gasteiger partial charge in [-0.15, -0.1) is 0 Å². The van der Waals surface area contributed by atoms with E-state index in [-0.39, 0.29) is 18.4 Å². The predicted octanol–water partition coefficient (Wildman–Crippen LogP) is 2.74. The lowest BCUT2D eigenvalue weighted by Crippen LogP contribution is -2.04. The van der Waals surface area contributed by atoms with Crippen molar-refractivity contribution in [2.75, 3.05) is 14.2 Å². The zero-order valence-corrected chi connectivity index (χ0v) is 9.70. The van der Waals surface area contributed by atoms with Gasteiger partial charge in [0.1, 0.15) is 5.75 Å². The molecule has 0 fully saturated rings. The quantitative estimate of drug-likeness (QED) is 0.747. The van der Waals surface area contributed by atoms with Crippen molar-refractivity contribution in [3.8, 4) is 5.75 Å². The molecule has 0 aliphatic rings. The monoisotopic (exact) mass is 244 g/mol. The van der Waals surface area contributed by atoms with Gasteiger partial charge in [0.25, 0.3) is 6.43 Å². The Labute approximate surface area is 98.3 Å². The summed E-state index contributed by atoms with van der Waals surface area (Å²) >= 11 is 0. The first kappa shape index (κ1) is 13.4. The molecule has 1 aromatic rings. The second kappa shape index (κ2) is 6.18. The molecule has 0 amide bonds. The van der Waals surface area contributed by atoms with Crippen molar-refractivity contribution in [1.82, 2.24) is 0 Å². The minimum atomic E-state index is -2.56. The second-order valence-electron chi connectivity index (χ2n) is 3.44. The molecule has 1 aromatic carbocycles. The molecule has 0 N–H and O–H groups in total. The van der Waals surface area contributed by atoms with Crippen LogP contribution in [-0.4, -0.2) is 20.2 Å². The maximum absolute atomic E-state index is 12.7. The van der Waals surface area contributed by atoms with Crippen molar-refractivity contribution in [3.05, 3.63) is 29.3 Å². The zero-order valence-electron chi connectivity index (χ0n) is 9.70. The first-order valence-electron chi connectivity index (χ1n) is 5.10. The Hall–Kier alpha value is -1.65. The van der Waals surface area contributed by atoms with E-state index in [0.29, 0.717) is 11.3 Å². The molecule has 0 saturated heterocycles. The topological polar surface area (TPSA) is 35.5 Å². The molecular weight excluding hydrogens is 230 g/mol. The fraction of sp³-hybridized carbons (Fsp3) is 0.417. The number of esters is 1. The van der Waals surface area contributed by atoms with Gasteiger partial charge in [-0.25, -0.2) is 8.78 Å². The lowest BCUT2D eigenvalue weighted by Gasteiger charge is -2.10. The van der Waals surface area contributed by atoms with Gasteiger partial charge in [-0.2, -0.15) is 0 Å². The Kier molecular flexibility index (Phi) is 4.87. The summed E-state index contributed by atoms with van der Waals surface area (Å²) in [5.41, 5.74) is 0.333. The molecule has 0 unspecified atom stereocenters. The lowest BCUT2D eigenvalue weighted by atomic mass is 10.0. The Balaban J connectivity index is 2.89. The molecule has 0 aliphatic heterocycles. The van der Waals surface area contributed by atoms with Crippen LogP contribution in [0.3, 0.4) is 0 Å². The van der Waals surface area contributed by atoms with Crippen LogP contribution in [0.1, 0.15) is 24.0 Å². The number of methoxy groups -OCH3 is 2. The Morgan fingerprint density at radius 2 is 2.06 bits per heavy atom. The molecule has 0 aliphatic carbocycles. The van der Waals surface area contributed by atoms with Crippen LogP contribution in [0.5, 0.6) is 5.75 Å². The third kappa shape index (κ3) is 3.69. The summed E-state index contributed by atoms with van der Waals surface area (Å²) in [6.07, 6.45) is -2.28. The normalized spacial score (nSPS) is 10.4. The molecule has 1 rings (SSSR count). The van der Waals surface area contributed by atoms with Gasteiger partial charge in [-0.05, 0) is 30.2 Å². The smallest absolute Gasteiger partial charge is 0.305 e. The van der Waals surface area contributed by atoms with Gasteiger partial charge in [-0.1, -0.05) is 0 Å². The van der Waals surface area contributed by atoms with Crippen LogP contribution in [0.4, 0.5) is 8.78 Å². The number of hydrogen-bond donors (Lipinski definition) is 0. The number of alkyl halides is 2. The summed E-state index contributed by atoms with van der Waals surface area (Å²) in [6.45, 7) is 0. The number of carbonyl (C=O) groups excluding carboxylic acids is 1. The van der Waals surface area contributed by atoms with Gasteiger partial charge in [0.15, 0.2) is 0 Å². The fourth-order valence-electron chi connectivity index (χ4n) is 1.48. The van der Waals surface area contributed by atoms with E-state index < -0.39 is 12.4 Å². The molecule has 5 heteroatoms. The molecule has 0 atom stereocenters. The van der Waals surface area contributed by atoms with Gasteiger partial charge < -0.3 is 9.47 Å². The van der Waals surface area contributed by atoms with E-state index in [0.717, 1.165) is 0 Å². The fourth-order valence-corrected chi connectivity index (χ4v) is 1.48. The maximum Gasteiger partial charge on any atom is 0.305 e. The van der Waals surface area contributed by atoms with Crippen LogP contribution >= 0.6 is 0 Å². The summed E-state index contributed by atoms with van der Waals surface area (Å²) < 4.78 is 34.9. The molecule has 0 heterocycles. The van der Waals surface area contributed by atoms with Gasteiger partial charge >= 0.3 is 5.97 Å². The van der Waals surface area contributed by atoms with Crippen molar-refractivity contribution >= 4 is 5.97 Å². The highest BCUT2D eigenvalue weighted by atomic mass is 19.3. The summed E-state index contributed by atoms with van der Waals surface area (Å²) in [5.74, 6) is 0.0716. The summed E-state index contributed by atoms with van der Waals surface area (Å²) in [6, 6.07) is 4.31. The third-order valence-corrected chi connectivity index (χ3v) is 2.41. The third-order valence-electron chi connectivity index (χ3n) is 2.41. The molecule has 0 bridgehead atoms. The number of ether oxygens (including phenoxy) is 2. The van der Waals surface area contributed by atoms with E-state index in [1.807, 2.05) is 0 Å². The van der Waals surface area contributed by atoms with E-state index in [4.69, 9.17) is 4.74 Å².